The first kappa shape index (κ1) is 19.1. The van der Waals surface area contributed by atoms with Gasteiger partial charge in [0.05, 0.1) is 22.5 Å². The molecule has 25 heavy (non-hydrogen) atoms. The van der Waals surface area contributed by atoms with Gasteiger partial charge in [-0.25, -0.2) is 9.78 Å². The number of hydrogen-bond acceptors (Lipinski definition) is 6. The number of ether oxygens (including phenoxy) is 1. The van der Waals surface area contributed by atoms with Gasteiger partial charge in [-0.05, 0) is 24.3 Å². The number of carbonyl (C=O) groups is 2. The van der Waals surface area contributed by atoms with Crippen molar-refractivity contribution in [3.8, 4) is 6.07 Å². The molecular weight excluding hydrogens is 385 g/mol. The van der Waals surface area contributed by atoms with Gasteiger partial charge in [-0.3, -0.25) is 4.79 Å². The Morgan fingerprint density at radius 1 is 1.24 bits per heavy atom. The molecule has 1 aromatic heterocycles. The summed E-state index contributed by atoms with van der Waals surface area (Å²) in [5.74, 6) is -1.13. The Bertz CT molecular complexity index is 840. The van der Waals surface area contributed by atoms with Crippen molar-refractivity contribution >= 4 is 52.5 Å². The highest BCUT2D eigenvalue weighted by Gasteiger charge is 2.16. The predicted molar refractivity (Wildman–Crippen MR) is 95.9 cm³/mol. The standard InChI is InChI=1S/C16H11Cl2N3O3S/c17-10-5-6-13(18)21-15(10)16(23)24-9-14(22)20-11-3-1-2-4-12(11)25-8-7-19/h1-6H,8-9H2,(H,20,22). The SMILES string of the molecule is N#CCSc1ccccc1NC(=O)COC(=O)c1nc(Cl)ccc1Cl. The van der Waals surface area contributed by atoms with Gasteiger partial charge in [-0.15, -0.1) is 11.8 Å². The molecule has 0 spiro atoms. The van der Waals surface area contributed by atoms with Crippen molar-refractivity contribution in [3.05, 3.63) is 52.3 Å². The molecule has 2 rings (SSSR count). The fourth-order valence-electron chi connectivity index (χ4n) is 1.75. The lowest BCUT2D eigenvalue weighted by Gasteiger charge is -2.10. The Morgan fingerprint density at radius 3 is 2.76 bits per heavy atom. The van der Waals surface area contributed by atoms with E-state index in [1.165, 1.54) is 23.9 Å². The quantitative estimate of drug-likeness (QED) is 0.454. The fraction of sp³-hybridized carbons (Fsp3) is 0.125. The Balaban J connectivity index is 1.96. The molecule has 0 unspecified atom stereocenters. The summed E-state index contributed by atoms with van der Waals surface area (Å²) in [4.78, 5) is 28.4. The van der Waals surface area contributed by atoms with Crippen LogP contribution in [0.15, 0.2) is 41.3 Å². The molecular formula is C16H11Cl2N3O3S. The number of benzene rings is 1. The summed E-state index contributed by atoms with van der Waals surface area (Å²) in [5, 5.41) is 11.4. The van der Waals surface area contributed by atoms with Crippen molar-refractivity contribution in [2.45, 2.75) is 4.90 Å². The molecule has 0 aliphatic rings. The molecule has 0 fully saturated rings. The second-order valence-corrected chi connectivity index (χ2v) is 6.34. The van der Waals surface area contributed by atoms with Gasteiger partial charge < -0.3 is 10.1 Å². The molecule has 0 saturated carbocycles. The number of nitriles is 1. The number of thioether (sulfide) groups is 1. The topological polar surface area (TPSA) is 92.1 Å². The average Bonchev–Trinajstić information content (AvgIpc) is 2.61. The van der Waals surface area contributed by atoms with Gasteiger partial charge >= 0.3 is 5.97 Å². The van der Waals surface area contributed by atoms with Crippen molar-refractivity contribution in [1.82, 2.24) is 4.98 Å². The van der Waals surface area contributed by atoms with Crippen LogP contribution in [0.4, 0.5) is 5.69 Å². The molecule has 1 aromatic carbocycles. The average molecular weight is 396 g/mol. The predicted octanol–water partition coefficient (Wildman–Crippen LogP) is 3.80. The normalized spacial score (nSPS) is 9.96. The minimum atomic E-state index is -0.852. The van der Waals surface area contributed by atoms with E-state index in [0.29, 0.717) is 5.69 Å². The van der Waals surface area contributed by atoms with E-state index < -0.39 is 18.5 Å². The van der Waals surface area contributed by atoms with Crippen molar-refractivity contribution in [2.75, 3.05) is 17.7 Å². The maximum Gasteiger partial charge on any atom is 0.359 e. The lowest BCUT2D eigenvalue weighted by atomic mass is 10.3. The van der Waals surface area contributed by atoms with Crippen LogP contribution in [0.2, 0.25) is 10.2 Å². The van der Waals surface area contributed by atoms with Crippen LogP contribution in [0.3, 0.4) is 0 Å². The van der Waals surface area contributed by atoms with Crippen LogP contribution in [-0.4, -0.2) is 29.2 Å². The number of amides is 1. The van der Waals surface area contributed by atoms with Gasteiger partial charge in [0.1, 0.15) is 5.15 Å². The number of nitrogens with zero attached hydrogens (tertiary/aromatic N) is 2. The van der Waals surface area contributed by atoms with E-state index in [1.54, 1.807) is 24.3 Å². The molecule has 0 bridgehead atoms. The molecule has 2 aromatic rings. The molecule has 0 saturated heterocycles. The summed E-state index contributed by atoms with van der Waals surface area (Å²) in [5.41, 5.74) is 0.370. The number of hydrogen-bond donors (Lipinski definition) is 1. The van der Waals surface area contributed by atoms with E-state index in [0.717, 1.165) is 4.90 Å². The number of nitrogens with one attached hydrogen (secondary N) is 1. The van der Waals surface area contributed by atoms with E-state index in [-0.39, 0.29) is 21.6 Å². The zero-order chi connectivity index (χ0) is 18.2. The fourth-order valence-corrected chi connectivity index (χ4v) is 2.75. The highest BCUT2D eigenvalue weighted by molar-refractivity contribution is 7.99. The molecule has 1 N–H and O–H groups in total. The highest BCUT2D eigenvalue weighted by Crippen LogP contribution is 2.26. The first-order valence-corrected chi connectivity index (χ1v) is 8.63. The van der Waals surface area contributed by atoms with Crippen molar-refractivity contribution in [2.24, 2.45) is 0 Å². The number of para-hydroxylation sites is 1. The van der Waals surface area contributed by atoms with Gasteiger partial charge in [-0.2, -0.15) is 5.26 Å². The van der Waals surface area contributed by atoms with E-state index in [1.807, 2.05) is 6.07 Å². The Kier molecular flexibility index (Phi) is 7.07. The third-order valence-corrected chi connectivity index (χ3v) is 4.25. The van der Waals surface area contributed by atoms with Crippen molar-refractivity contribution < 1.29 is 14.3 Å². The first-order valence-electron chi connectivity index (χ1n) is 6.89. The van der Waals surface area contributed by atoms with E-state index in [9.17, 15) is 9.59 Å². The van der Waals surface area contributed by atoms with Gasteiger partial charge in [0.15, 0.2) is 12.3 Å². The molecule has 9 heteroatoms. The molecule has 6 nitrogen and oxygen atoms in total. The van der Waals surface area contributed by atoms with E-state index in [2.05, 4.69) is 10.3 Å². The van der Waals surface area contributed by atoms with Crippen molar-refractivity contribution in [3.63, 3.8) is 0 Å². The van der Waals surface area contributed by atoms with Crippen molar-refractivity contribution in [1.29, 1.82) is 5.26 Å². The molecule has 0 radical (unpaired) electrons. The maximum absolute atomic E-state index is 12.0. The molecule has 128 valence electrons. The van der Waals surface area contributed by atoms with Gasteiger partial charge in [-0.1, -0.05) is 35.3 Å². The van der Waals surface area contributed by atoms with Crippen LogP contribution in [0, 0.1) is 11.3 Å². The third-order valence-electron chi connectivity index (χ3n) is 2.79. The molecule has 1 amide bonds. The second kappa shape index (κ2) is 9.28. The zero-order valence-corrected chi connectivity index (χ0v) is 15.0. The number of halogens is 2. The largest absolute Gasteiger partial charge is 0.451 e. The minimum Gasteiger partial charge on any atom is -0.451 e. The lowest BCUT2D eigenvalue weighted by Crippen LogP contribution is -2.21. The number of aromatic nitrogens is 1. The zero-order valence-electron chi connectivity index (χ0n) is 12.7. The van der Waals surface area contributed by atoms with Gasteiger partial charge in [0.2, 0.25) is 0 Å². The Labute approximate surface area is 158 Å². The summed E-state index contributed by atoms with van der Waals surface area (Å²) >= 11 is 12.8. The number of carbonyl (C=O) groups excluding carboxylic acids is 2. The van der Waals surface area contributed by atoms with Crippen LogP contribution in [0.1, 0.15) is 10.5 Å². The Hall–Kier alpha value is -2.27. The minimum absolute atomic E-state index is 0.0769. The number of esters is 1. The Morgan fingerprint density at radius 2 is 2.00 bits per heavy atom. The summed E-state index contributed by atoms with van der Waals surface area (Å²) in [7, 11) is 0. The van der Waals surface area contributed by atoms with E-state index in [4.69, 9.17) is 33.2 Å². The van der Waals surface area contributed by atoms with Crippen LogP contribution < -0.4 is 5.32 Å². The van der Waals surface area contributed by atoms with Crippen LogP contribution in [0.25, 0.3) is 0 Å². The third kappa shape index (κ3) is 5.64. The maximum atomic E-state index is 12.0. The van der Waals surface area contributed by atoms with Gasteiger partial charge in [0, 0.05) is 4.90 Å². The number of rotatable bonds is 6. The van der Waals surface area contributed by atoms with Gasteiger partial charge in [0.25, 0.3) is 5.91 Å². The van der Waals surface area contributed by atoms with E-state index >= 15 is 0 Å². The second-order valence-electron chi connectivity index (χ2n) is 4.53. The van der Waals surface area contributed by atoms with Crippen LogP contribution in [-0.2, 0) is 9.53 Å². The summed E-state index contributed by atoms with van der Waals surface area (Å²) in [6.45, 7) is -0.513. The van der Waals surface area contributed by atoms with Crippen LogP contribution in [0.5, 0.6) is 0 Å². The highest BCUT2D eigenvalue weighted by atomic mass is 35.5. The molecule has 0 aliphatic carbocycles. The molecule has 0 atom stereocenters. The monoisotopic (exact) mass is 395 g/mol. The smallest absolute Gasteiger partial charge is 0.359 e. The summed E-state index contributed by atoms with van der Waals surface area (Å²) in [6.07, 6.45) is 0. The van der Waals surface area contributed by atoms with Crippen LogP contribution >= 0.6 is 35.0 Å². The first-order chi connectivity index (χ1) is 12.0. The summed E-state index contributed by atoms with van der Waals surface area (Å²) in [6, 6.07) is 11.9. The summed E-state index contributed by atoms with van der Waals surface area (Å²) < 4.78 is 4.90. The molecule has 1 heterocycles. The number of anilines is 1. The number of pyridine rings is 1. The molecule has 0 aliphatic heterocycles. The lowest BCUT2D eigenvalue weighted by molar-refractivity contribution is -0.119.